The number of nitrogens with one attached hydrogen (secondary N) is 2. The predicted octanol–water partition coefficient (Wildman–Crippen LogP) is 2.69. The van der Waals surface area contributed by atoms with Crippen molar-refractivity contribution in [1.82, 2.24) is 20.2 Å². The summed E-state index contributed by atoms with van der Waals surface area (Å²) < 4.78 is 1.74. The zero-order valence-corrected chi connectivity index (χ0v) is 18.1. The van der Waals surface area contributed by atoms with Crippen molar-refractivity contribution in [3.63, 3.8) is 0 Å². The molecule has 0 radical (unpaired) electrons. The largest absolute Gasteiger partial charge is 0.356 e. The van der Waals surface area contributed by atoms with Crippen molar-refractivity contribution in [1.29, 1.82) is 0 Å². The molecule has 2 heterocycles. The number of nitrogens with zero attached hydrogens (tertiary/aromatic N) is 3. The molecule has 0 atom stereocenters. The van der Waals surface area contributed by atoms with Crippen molar-refractivity contribution in [2.75, 3.05) is 13.6 Å². The molecule has 0 fully saturated rings. The van der Waals surface area contributed by atoms with Gasteiger partial charge in [-0.2, -0.15) is 0 Å². The van der Waals surface area contributed by atoms with Crippen LogP contribution in [0.4, 0.5) is 0 Å². The number of guanidine groups is 1. The average Bonchev–Trinajstić information content (AvgIpc) is 2.89. The number of halogens is 1. The van der Waals surface area contributed by atoms with Gasteiger partial charge >= 0.3 is 0 Å². The summed E-state index contributed by atoms with van der Waals surface area (Å²) in [6.07, 6.45) is 3.75. The Kier molecular flexibility index (Phi) is 9.73. The summed E-state index contributed by atoms with van der Waals surface area (Å²) in [4.78, 5) is 21.5. The highest BCUT2D eigenvalue weighted by Crippen LogP contribution is 2.16. The molecular formula is C17H26IN5OS. The molecule has 0 aromatic carbocycles. The van der Waals surface area contributed by atoms with Gasteiger partial charge in [0, 0.05) is 37.3 Å². The van der Waals surface area contributed by atoms with E-state index in [1.165, 1.54) is 4.88 Å². The van der Waals surface area contributed by atoms with Crippen molar-refractivity contribution < 1.29 is 0 Å². The Hall–Kier alpha value is -1.42. The Bertz CT molecular complexity index is 741. The minimum Gasteiger partial charge on any atom is -0.356 e. The molecule has 0 unspecified atom stereocenters. The number of unbranched alkanes of at least 4 members (excludes halogenated alkanes) is 1. The summed E-state index contributed by atoms with van der Waals surface area (Å²) in [6.45, 7) is 6.35. The molecular weight excluding hydrogens is 449 g/mol. The molecule has 0 spiro atoms. The van der Waals surface area contributed by atoms with Crippen LogP contribution in [0, 0.1) is 13.8 Å². The van der Waals surface area contributed by atoms with E-state index < -0.39 is 0 Å². The fourth-order valence-corrected chi connectivity index (χ4v) is 3.26. The maximum Gasteiger partial charge on any atom is 0.250 e. The van der Waals surface area contributed by atoms with Gasteiger partial charge in [0.25, 0.3) is 0 Å². The number of aromatic nitrogens is 2. The maximum absolute atomic E-state index is 11.6. The summed E-state index contributed by atoms with van der Waals surface area (Å²) in [7, 11) is 1.77. The van der Waals surface area contributed by atoms with E-state index in [0.29, 0.717) is 0 Å². The molecule has 2 aromatic rings. The van der Waals surface area contributed by atoms with E-state index in [9.17, 15) is 4.79 Å². The van der Waals surface area contributed by atoms with Crippen LogP contribution < -0.4 is 16.2 Å². The van der Waals surface area contributed by atoms with Crippen LogP contribution in [0.5, 0.6) is 0 Å². The van der Waals surface area contributed by atoms with E-state index in [1.54, 1.807) is 35.1 Å². The first-order valence-electron chi connectivity index (χ1n) is 8.13. The Morgan fingerprint density at radius 3 is 2.72 bits per heavy atom. The fourth-order valence-electron chi connectivity index (χ4n) is 2.38. The van der Waals surface area contributed by atoms with Gasteiger partial charge in [0.1, 0.15) is 0 Å². The molecule has 0 bridgehead atoms. The fraction of sp³-hybridized carbons (Fsp3) is 0.471. The summed E-state index contributed by atoms with van der Waals surface area (Å²) in [6, 6.07) is 5.24. The normalized spacial score (nSPS) is 11.1. The molecule has 0 saturated heterocycles. The topological polar surface area (TPSA) is 71.3 Å². The molecule has 0 saturated carbocycles. The van der Waals surface area contributed by atoms with Crippen LogP contribution in [0.2, 0.25) is 0 Å². The van der Waals surface area contributed by atoms with Gasteiger partial charge in [-0.1, -0.05) is 6.07 Å². The first-order valence-corrected chi connectivity index (χ1v) is 8.94. The molecule has 138 valence electrons. The third kappa shape index (κ3) is 7.15. The van der Waals surface area contributed by atoms with Crippen molar-refractivity contribution in [2.45, 2.75) is 39.8 Å². The smallest absolute Gasteiger partial charge is 0.250 e. The number of hydrogen-bond donors (Lipinski definition) is 2. The highest BCUT2D eigenvalue weighted by molar-refractivity contribution is 14.0. The lowest BCUT2D eigenvalue weighted by Gasteiger charge is -2.11. The van der Waals surface area contributed by atoms with Crippen molar-refractivity contribution >= 4 is 41.3 Å². The number of rotatable bonds is 7. The number of aliphatic imine (C=N–C) groups is 1. The van der Waals surface area contributed by atoms with Crippen molar-refractivity contribution in [2.24, 2.45) is 4.99 Å². The van der Waals surface area contributed by atoms with Gasteiger partial charge in [-0.3, -0.25) is 9.79 Å². The lowest BCUT2D eigenvalue weighted by atomic mass is 10.3. The molecule has 8 heteroatoms. The molecule has 2 N–H and O–H groups in total. The van der Waals surface area contributed by atoms with Gasteiger partial charge in [-0.15, -0.1) is 35.3 Å². The van der Waals surface area contributed by atoms with Gasteiger partial charge in [-0.05, 0) is 32.8 Å². The summed E-state index contributed by atoms with van der Waals surface area (Å²) in [5, 5.41) is 7.70. The Labute approximate surface area is 169 Å². The maximum atomic E-state index is 11.6. The first-order chi connectivity index (χ1) is 11.6. The lowest BCUT2D eigenvalue weighted by molar-refractivity contribution is 0.585. The van der Waals surface area contributed by atoms with E-state index in [4.69, 9.17) is 0 Å². The monoisotopic (exact) mass is 475 g/mol. The second-order valence-electron chi connectivity index (χ2n) is 5.53. The summed E-state index contributed by atoms with van der Waals surface area (Å²) in [5.41, 5.74) is 1.13. The van der Waals surface area contributed by atoms with E-state index in [1.807, 2.05) is 26.1 Å². The minimum atomic E-state index is 0. The molecule has 0 aliphatic heterocycles. The van der Waals surface area contributed by atoms with Crippen LogP contribution in [-0.2, 0) is 13.1 Å². The van der Waals surface area contributed by atoms with Gasteiger partial charge in [-0.25, -0.2) is 4.98 Å². The molecule has 2 rings (SSSR count). The molecule has 0 aliphatic carbocycles. The van der Waals surface area contributed by atoms with Crippen LogP contribution >= 0.6 is 35.3 Å². The Morgan fingerprint density at radius 2 is 2.08 bits per heavy atom. The van der Waals surface area contributed by atoms with Gasteiger partial charge < -0.3 is 15.2 Å². The van der Waals surface area contributed by atoms with Gasteiger partial charge in [0.05, 0.1) is 17.2 Å². The molecule has 6 nitrogen and oxygen atoms in total. The first kappa shape index (κ1) is 21.6. The average molecular weight is 475 g/mol. The zero-order valence-electron chi connectivity index (χ0n) is 14.9. The van der Waals surface area contributed by atoms with E-state index in [0.717, 1.165) is 49.1 Å². The van der Waals surface area contributed by atoms with Gasteiger partial charge in [0.2, 0.25) is 5.56 Å². The highest BCUT2D eigenvalue weighted by Gasteiger charge is 2.05. The van der Waals surface area contributed by atoms with Crippen LogP contribution in [0.3, 0.4) is 0 Å². The SMILES string of the molecule is CN=C(NCCCCn1ccccc1=O)NCc1sc(C)nc1C.I. The van der Waals surface area contributed by atoms with Crippen molar-refractivity contribution in [3.8, 4) is 0 Å². The molecule has 2 aromatic heterocycles. The quantitative estimate of drug-likeness (QED) is 0.280. The number of hydrogen-bond acceptors (Lipinski definition) is 4. The van der Waals surface area contributed by atoms with Crippen LogP contribution in [0.15, 0.2) is 34.2 Å². The van der Waals surface area contributed by atoms with Crippen LogP contribution in [-0.4, -0.2) is 29.1 Å². The standard InChI is InChI=1S/C17H25N5OS.HI/c1-13-15(24-14(2)21-13)12-20-17(18-3)19-9-5-7-11-22-10-6-4-8-16(22)23;/h4,6,8,10H,5,7,9,11-12H2,1-3H3,(H2,18,19,20);1H. The molecule has 25 heavy (non-hydrogen) atoms. The summed E-state index contributed by atoms with van der Waals surface area (Å²) >= 11 is 1.71. The summed E-state index contributed by atoms with van der Waals surface area (Å²) in [5.74, 6) is 0.789. The van der Waals surface area contributed by atoms with E-state index in [-0.39, 0.29) is 29.5 Å². The predicted molar refractivity (Wildman–Crippen MR) is 115 cm³/mol. The lowest BCUT2D eigenvalue weighted by Crippen LogP contribution is -2.37. The zero-order chi connectivity index (χ0) is 17.4. The minimum absolute atomic E-state index is 0. The van der Waals surface area contributed by atoms with Crippen LogP contribution in [0.1, 0.15) is 28.4 Å². The van der Waals surface area contributed by atoms with E-state index >= 15 is 0 Å². The Balaban J connectivity index is 0.00000312. The third-order valence-corrected chi connectivity index (χ3v) is 4.73. The van der Waals surface area contributed by atoms with Crippen molar-refractivity contribution in [3.05, 3.63) is 50.3 Å². The Morgan fingerprint density at radius 1 is 1.28 bits per heavy atom. The molecule has 0 aliphatic rings. The highest BCUT2D eigenvalue weighted by atomic mass is 127. The number of aryl methyl sites for hydroxylation is 3. The molecule has 0 amide bonds. The van der Waals surface area contributed by atoms with Crippen LogP contribution in [0.25, 0.3) is 0 Å². The third-order valence-electron chi connectivity index (χ3n) is 3.66. The van der Waals surface area contributed by atoms with E-state index in [2.05, 4.69) is 20.6 Å². The number of thiazole rings is 1. The second-order valence-corrected chi connectivity index (χ2v) is 6.82. The van der Waals surface area contributed by atoms with Gasteiger partial charge in [0.15, 0.2) is 5.96 Å². The number of pyridine rings is 1. The second kappa shape index (κ2) is 11.2.